The molecule has 0 saturated heterocycles. The molecule has 0 spiro atoms. The number of aromatic nitrogens is 4. The molecule has 0 bridgehead atoms. The molecular weight excluding hydrogens is 493 g/mol. The Labute approximate surface area is 246 Å². The van der Waals surface area contributed by atoms with E-state index in [4.69, 9.17) is 14.2 Å². The second-order valence-electron chi connectivity index (χ2n) is 8.49. The minimum Gasteiger partial charge on any atom is -1.00 e. The maximum atomic E-state index is 12.9. The Morgan fingerprint density at radius 2 is 1.76 bits per heavy atom. The maximum absolute atomic E-state index is 12.9. The van der Waals surface area contributed by atoms with Crippen LogP contribution in [0.15, 0.2) is 72.8 Å². The van der Waals surface area contributed by atoms with Crippen LogP contribution in [0, 0.1) is 0 Å². The number of carbonyl (C=O) groups is 1. The van der Waals surface area contributed by atoms with E-state index in [0.29, 0.717) is 40.9 Å². The number of hydrogen-bond donors (Lipinski definition) is 2. The maximum Gasteiger partial charge on any atom is 1.00 e. The smallest absolute Gasteiger partial charge is 1.00 e. The summed E-state index contributed by atoms with van der Waals surface area (Å²) in [6.45, 7) is 4.69. The number of nitrogens with one attached hydrogen (secondary N) is 2. The van der Waals surface area contributed by atoms with Gasteiger partial charge in [-0.2, -0.15) is 5.21 Å². The third-order valence-corrected chi connectivity index (χ3v) is 5.59. The van der Waals surface area contributed by atoms with Crippen LogP contribution in [-0.2, 0) is 0 Å². The zero-order valence-electron chi connectivity index (χ0n) is 23.0. The van der Waals surface area contributed by atoms with E-state index in [2.05, 4.69) is 32.9 Å². The zero-order valence-corrected chi connectivity index (χ0v) is 24.0. The summed E-state index contributed by atoms with van der Waals surface area (Å²) in [5, 5.41) is 16.8. The average molecular weight is 526 g/mol. The number of carbonyl (C=O) groups excluding carboxylic acids is 1. The molecule has 1 heterocycles. The second kappa shape index (κ2) is 15.1. The van der Waals surface area contributed by atoms with Crippen molar-refractivity contribution >= 4 is 11.6 Å². The van der Waals surface area contributed by atoms with Crippen molar-refractivity contribution in [3.05, 3.63) is 84.2 Å². The summed E-state index contributed by atoms with van der Waals surface area (Å²) >= 11 is 0. The van der Waals surface area contributed by atoms with Gasteiger partial charge in [-0.25, -0.2) is 0 Å². The predicted molar refractivity (Wildman–Crippen MR) is 141 cm³/mol. The van der Waals surface area contributed by atoms with Crippen LogP contribution in [0.4, 0.5) is 5.69 Å². The molecule has 1 unspecified atom stereocenters. The van der Waals surface area contributed by atoms with Gasteiger partial charge in [-0.3, -0.25) is 4.79 Å². The van der Waals surface area contributed by atoms with Gasteiger partial charge in [0.1, 0.15) is 17.2 Å². The number of H-pyrrole nitrogens is 1. The quantitative estimate of drug-likeness (QED) is 0.203. The van der Waals surface area contributed by atoms with Gasteiger partial charge in [0.15, 0.2) is 11.9 Å². The van der Waals surface area contributed by atoms with Crippen molar-refractivity contribution < 1.29 is 50.0 Å². The van der Waals surface area contributed by atoms with Gasteiger partial charge in [-0.05, 0) is 61.9 Å². The number of benzene rings is 3. The van der Waals surface area contributed by atoms with Crippen molar-refractivity contribution in [1.82, 2.24) is 20.6 Å². The number of amides is 1. The summed E-state index contributed by atoms with van der Waals surface area (Å²) in [5.41, 5.74) is 1.08. The number of anilines is 1. The Bertz CT molecular complexity index is 1280. The van der Waals surface area contributed by atoms with E-state index in [1.54, 1.807) is 30.3 Å². The van der Waals surface area contributed by atoms with Crippen LogP contribution in [-0.4, -0.2) is 33.1 Å². The Hall–Kier alpha value is -3.40. The van der Waals surface area contributed by atoms with E-state index in [9.17, 15) is 4.79 Å². The molecule has 9 nitrogen and oxygen atoms in total. The summed E-state index contributed by atoms with van der Waals surface area (Å²) in [6.07, 6.45) is 4.21. The zero-order chi connectivity index (χ0) is 25.9. The van der Waals surface area contributed by atoms with Crippen LogP contribution in [0.5, 0.6) is 23.0 Å². The van der Waals surface area contributed by atoms with Crippen molar-refractivity contribution in [2.24, 2.45) is 0 Å². The van der Waals surface area contributed by atoms with E-state index in [0.717, 1.165) is 18.6 Å². The standard InChI is InChI=1S/C28H31N5O4.Na.H/c1-3-4-5-8-18-35-22-16-14-21(15-17-22)28(34)29-25-12-6-7-13-26(25)37-24-11-9-10-23(19-24)36-20(2)27-30-32-33-31-27;;/h6-7,9-17,19-20H,3-5,8,18H2,1-2H3,(H,29,34)(H,30,31,32,33);;/q;+1;-1. The molecule has 0 saturated carbocycles. The molecule has 4 rings (SSSR count). The van der Waals surface area contributed by atoms with E-state index >= 15 is 0 Å². The fourth-order valence-corrected chi connectivity index (χ4v) is 3.61. The second-order valence-corrected chi connectivity index (χ2v) is 8.49. The van der Waals surface area contributed by atoms with Gasteiger partial charge in [0.25, 0.3) is 5.91 Å². The largest absolute Gasteiger partial charge is 1.00 e. The van der Waals surface area contributed by atoms with Crippen molar-refractivity contribution in [1.29, 1.82) is 0 Å². The van der Waals surface area contributed by atoms with Gasteiger partial charge < -0.3 is 21.0 Å². The number of nitrogens with zero attached hydrogens (tertiary/aromatic N) is 3. The third kappa shape index (κ3) is 8.58. The predicted octanol–water partition coefficient (Wildman–Crippen LogP) is 3.46. The number of tetrazole rings is 1. The van der Waals surface area contributed by atoms with Crippen LogP contribution in [0.2, 0.25) is 0 Å². The van der Waals surface area contributed by atoms with Crippen molar-refractivity contribution in [2.75, 3.05) is 11.9 Å². The Morgan fingerprint density at radius 1 is 0.974 bits per heavy atom. The van der Waals surface area contributed by atoms with Crippen molar-refractivity contribution in [3.63, 3.8) is 0 Å². The molecule has 1 aromatic heterocycles. The summed E-state index contributed by atoms with van der Waals surface area (Å²) in [5.74, 6) is 2.62. The first kappa shape index (κ1) is 29.2. The fraction of sp³-hybridized carbons (Fsp3) is 0.286. The number of rotatable bonds is 13. The van der Waals surface area contributed by atoms with Crippen LogP contribution in [0.3, 0.4) is 0 Å². The SMILES string of the molecule is CCCCCCOc1ccc(C(=O)Nc2ccccc2Oc2cccc(OC(C)c3nn[nH]n3)c2)cc1.[H-].[Na+]. The van der Waals surface area contributed by atoms with Gasteiger partial charge in [0.05, 0.1) is 12.3 Å². The summed E-state index contributed by atoms with van der Waals surface area (Å²) in [6, 6.07) is 21.6. The molecule has 38 heavy (non-hydrogen) atoms. The molecule has 0 aliphatic heterocycles. The fourth-order valence-electron chi connectivity index (χ4n) is 3.61. The van der Waals surface area contributed by atoms with Crippen LogP contribution >= 0.6 is 0 Å². The van der Waals surface area contributed by atoms with Crippen LogP contribution < -0.4 is 49.1 Å². The Morgan fingerprint density at radius 3 is 2.53 bits per heavy atom. The summed E-state index contributed by atoms with van der Waals surface area (Å²) in [4.78, 5) is 12.9. The van der Waals surface area contributed by atoms with Crippen LogP contribution in [0.1, 0.15) is 63.2 Å². The molecule has 0 aliphatic rings. The molecule has 4 aromatic rings. The number of unbranched alkanes of at least 4 members (excludes halogenated alkanes) is 3. The van der Waals surface area contributed by atoms with Gasteiger partial charge in [0.2, 0.25) is 5.82 Å². The summed E-state index contributed by atoms with van der Waals surface area (Å²) < 4.78 is 17.8. The van der Waals surface area contributed by atoms with Crippen molar-refractivity contribution in [2.45, 2.75) is 45.6 Å². The summed E-state index contributed by atoms with van der Waals surface area (Å²) in [7, 11) is 0. The topological polar surface area (TPSA) is 111 Å². The molecule has 0 fully saturated rings. The first-order valence-electron chi connectivity index (χ1n) is 12.4. The Balaban J connectivity index is 0.00000267. The van der Waals surface area contributed by atoms with Gasteiger partial charge >= 0.3 is 29.6 Å². The van der Waals surface area contributed by atoms with Crippen LogP contribution in [0.25, 0.3) is 0 Å². The molecule has 10 heteroatoms. The number of hydrogen-bond acceptors (Lipinski definition) is 7. The van der Waals surface area contributed by atoms with E-state index in [-0.39, 0.29) is 36.9 Å². The first-order chi connectivity index (χ1) is 18.1. The first-order valence-corrected chi connectivity index (χ1v) is 12.4. The minimum absolute atomic E-state index is 0. The number of ether oxygens (including phenoxy) is 3. The molecule has 0 aliphatic carbocycles. The van der Waals surface area contributed by atoms with Gasteiger partial charge in [-0.15, -0.1) is 10.2 Å². The third-order valence-electron chi connectivity index (χ3n) is 5.59. The number of aromatic amines is 1. The normalized spacial score (nSPS) is 11.2. The minimum atomic E-state index is -0.390. The molecule has 3 aromatic carbocycles. The Kier molecular flexibility index (Phi) is 11.6. The van der Waals surface area contributed by atoms with Crippen molar-refractivity contribution in [3.8, 4) is 23.0 Å². The van der Waals surface area contributed by atoms with E-state index in [1.165, 1.54) is 12.8 Å². The van der Waals surface area contributed by atoms with E-state index in [1.807, 2.05) is 49.4 Å². The van der Waals surface area contributed by atoms with Gasteiger partial charge in [-0.1, -0.05) is 49.6 Å². The molecule has 1 amide bonds. The number of para-hydroxylation sites is 2. The molecule has 2 N–H and O–H groups in total. The average Bonchev–Trinajstić information content (AvgIpc) is 3.46. The van der Waals surface area contributed by atoms with E-state index < -0.39 is 6.10 Å². The molecule has 0 radical (unpaired) electrons. The monoisotopic (exact) mass is 525 g/mol. The molecule has 194 valence electrons. The molecular formula is C28H32N5NaO4. The molecule has 1 atom stereocenters. The van der Waals surface area contributed by atoms with Gasteiger partial charge in [0, 0.05) is 11.6 Å².